The van der Waals surface area contributed by atoms with E-state index in [-0.39, 0.29) is 5.56 Å². The first kappa shape index (κ1) is 12.3. The first-order valence-corrected chi connectivity index (χ1v) is 5.60. The standard InChI is InChI=1S/C12H10ClN3O2/c13-9-5-10(12(18)16-7-9)11(17)15-6-8-1-3-14-4-2-8/h1-5,7H,6H2,(H,15,17)(H,16,18). The number of carbonyl (C=O) groups excluding carboxylic acids is 1. The van der Waals surface area contributed by atoms with Crippen molar-refractivity contribution in [2.75, 3.05) is 0 Å². The van der Waals surface area contributed by atoms with E-state index >= 15 is 0 Å². The summed E-state index contributed by atoms with van der Waals surface area (Å²) in [4.78, 5) is 29.5. The number of carbonyl (C=O) groups is 1. The van der Waals surface area contributed by atoms with Crippen LogP contribution >= 0.6 is 11.6 Å². The summed E-state index contributed by atoms with van der Waals surface area (Å²) in [6.45, 7) is 0.327. The molecule has 0 saturated carbocycles. The zero-order valence-electron chi connectivity index (χ0n) is 9.31. The van der Waals surface area contributed by atoms with Gasteiger partial charge in [0.1, 0.15) is 5.56 Å². The molecule has 2 heterocycles. The molecule has 0 aliphatic carbocycles. The van der Waals surface area contributed by atoms with Crippen molar-refractivity contribution in [2.45, 2.75) is 6.54 Å². The van der Waals surface area contributed by atoms with E-state index in [1.165, 1.54) is 12.3 Å². The van der Waals surface area contributed by atoms with Crippen molar-refractivity contribution in [1.82, 2.24) is 15.3 Å². The summed E-state index contributed by atoms with van der Waals surface area (Å²) >= 11 is 5.72. The smallest absolute Gasteiger partial charge is 0.260 e. The zero-order valence-corrected chi connectivity index (χ0v) is 10.1. The topological polar surface area (TPSA) is 74.8 Å². The van der Waals surface area contributed by atoms with Crippen molar-refractivity contribution in [1.29, 1.82) is 0 Å². The van der Waals surface area contributed by atoms with E-state index in [1.807, 2.05) is 0 Å². The monoisotopic (exact) mass is 263 g/mol. The largest absolute Gasteiger partial charge is 0.348 e. The molecular formula is C12H10ClN3O2. The zero-order chi connectivity index (χ0) is 13.0. The number of aromatic nitrogens is 2. The molecule has 2 aromatic heterocycles. The summed E-state index contributed by atoms with van der Waals surface area (Å²) in [6.07, 6.45) is 4.60. The number of hydrogen-bond acceptors (Lipinski definition) is 3. The predicted molar refractivity (Wildman–Crippen MR) is 67.5 cm³/mol. The third-order valence-electron chi connectivity index (χ3n) is 2.32. The Hall–Kier alpha value is -2.14. The summed E-state index contributed by atoms with van der Waals surface area (Å²) in [5, 5.41) is 2.95. The number of amides is 1. The molecule has 0 fully saturated rings. The third-order valence-corrected chi connectivity index (χ3v) is 2.53. The average Bonchev–Trinajstić information content (AvgIpc) is 2.40. The average molecular weight is 264 g/mol. The molecule has 0 bridgehead atoms. The van der Waals surface area contributed by atoms with Crippen molar-refractivity contribution in [2.24, 2.45) is 0 Å². The molecule has 5 nitrogen and oxygen atoms in total. The second kappa shape index (κ2) is 5.46. The van der Waals surface area contributed by atoms with Gasteiger partial charge in [0.15, 0.2) is 0 Å². The van der Waals surface area contributed by atoms with Crippen LogP contribution in [0.4, 0.5) is 0 Å². The summed E-state index contributed by atoms with van der Waals surface area (Å²) in [7, 11) is 0. The fourth-order valence-electron chi connectivity index (χ4n) is 1.40. The summed E-state index contributed by atoms with van der Waals surface area (Å²) in [6, 6.07) is 4.90. The van der Waals surface area contributed by atoms with Crippen LogP contribution < -0.4 is 10.9 Å². The number of H-pyrrole nitrogens is 1. The van der Waals surface area contributed by atoms with Gasteiger partial charge in [0.2, 0.25) is 0 Å². The SMILES string of the molecule is O=C(NCc1ccncc1)c1cc(Cl)c[nH]c1=O. The number of rotatable bonds is 3. The van der Waals surface area contributed by atoms with Gasteiger partial charge in [-0.1, -0.05) is 11.6 Å². The van der Waals surface area contributed by atoms with Crippen LogP contribution in [0.25, 0.3) is 0 Å². The maximum Gasteiger partial charge on any atom is 0.260 e. The Morgan fingerprint density at radius 3 is 2.83 bits per heavy atom. The predicted octanol–water partition coefficient (Wildman–Crippen LogP) is 1.35. The highest BCUT2D eigenvalue weighted by Gasteiger charge is 2.10. The van der Waals surface area contributed by atoms with E-state index in [0.717, 1.165) is 5.56 Å². The minimum atomic E-state index is -0.466. The molecule has 0 unspecified atom stereocenters. The molecule has 0 aliphatic rings. The molecule has 2 aromatic rings. The van der Waals surface area contributed by atoms with E-state index < -0.39 is 11.5 Å². The van der Waals surface area contributed by atoms with Gasteiger partial charge in [0.05, 0.1) is 5.02 Å². The Morgan fingerprint density at radius 2 is 2.11 bits per heavy atom. The van der Waals surface area contributed by atoms with Crippen LogP contribution in [0.3, 0.4) is 0 Å². The van der Waals surface area contributed by atoms with Gasteiger partial charge in [-0.25, -0.2) is 0 Å². The maximum atomic E-state index is 11.8. The van der Waals surface area contributed by atoms with Crippen molar-refractivity contribution >= 4 is 17.5 Å². The lowest BCUT2D eigenvalue weighted by Crippen LogP contribution is -2.29. The van der Waals surface area contributed by atoms with Crippen molar-refractivity contribution in [3.05, 3.63) is 63.3 Å². The minimum Gasteiger partial charge on any atom is -0.348 e. The second-order valence-electron chi connectivity index (χ2n) is 3.60. The van der Waals surface area contributed by atoms with Crippen LogP contribution in [0.1, 0.15) is 15.9 Å². The van der Waals surface area contributed by atoms with E-state index in [9.17, 15) is 9.59 Å². The lowest BCUT2D eigenvalue weighted by atomic mass is 10.2. The maximum absolute atomic E-state index is 11.8. The molecule has 6 heteroatoms. The summed E-state index contributed by atoms with van der Waals surface area (Å²) in [5.74, 6) is -0.462. The highest BCUT2D eigenvalue weighted by atomic mass is 35.5. The van der Waals surface area contributed by atoms with Crippen LogP contribution in [0.5, 0.6) is 0 Å². The molecule has 1 amide bonds. The Morgan fingerprint density at radius 1 is 1.39 bits per heavy atom. The third kappa shape index (κ3) is 2.95. The number of aromatic amines is 1. The van der Waals surface area contributed by atoms with Crippen LogP contribution in [-0.4, -0.2) is 15.9 Å². The normalized spacial score (nSPS) is 10.1. The number of nitrogens with zero attached hydrogens (tertiary/aromatic N) is 1. The highest BCUT2D eigenvalue weighted by molar-refractivity contribution is 6.30. The van der Waals surface area contributed by atoms with Gasteiger partial charge in [0.25, 0.3) is 11.5 Å². The first-order valence-electron chi connectivity index (χ1n) is 5.22. The lowest BCUT2D eigenvalue weighted by molar-refractivity contribution is 0.0949. The van der Waals surface area contributed by atoms with Gasteiger partial charge >= 0.3 is 0 Å². The van der Waals surface area contributed by atoms with E-state index in [2.05, 4.69) is 15.3 Å². The van der Waals surface area contributed by atoms with Gasteiger partial charge in [-0.05, 0) is 23.8 Å². The molecule has 0 spiro atoms. The minimum absolute atomic E-state index is 0.00319. The fourth-order valence-corrected chi connectivity index (χ4v) is 1.57. The van der Waals surface area contributed by atoms with Gasteiger partial charge in [-0.3, -0.25) is 14.6 Å². The van der Waals surface area contributed by atoms with Gasteiger partial charge < -0.3 is 10.3 Å². The quantitative estimate of drug-likeness (QED) is 0.878. The molecule has 0 radical (unpaired) electrons. The van der Waals surface area contributed by atoms with E-state index in [0.29, 0.717) is 11.6 Å². The van der Waals surface area contributed by atoms with Crippen LogP contribution in [0.15, 0.2) is 41.6 Å². The Labute approximate surface area is 108 Å². The number of halogens is 1. The molecule has 0 aliphatic heterocycles. The first-order chi connectivity index (χ1) is 8.66. The molecule has 0 saturated heterocycles. The van der Waals surface area contributed by atoms with Gasteiger partial charge in [-0.2, -0.15) is 0 Å². The van der Waals surface area contributed by atoms with Crippen molar-refractivity contribution in [3.8, 4) is 0 Å². The lowest BCUT2D eigenvalue weighted by Gasteiger charge is -2.04. The Kier molecular flexibility index (Phi) is 3.74. The van der Waals surface area contributed by atoms with Gasteiger partial charge in [0, 0.05) is 25.1 Å². The van der Waals surface area contributed by atoms with Gasteiger partial charge in [-0.15, -0.1) is 0 Å². The Bertz CT molecular complexity index is 610. The molecule has 92 valence electrons. The Balaban J connectivity index is 2.09. The second-order valence-corrected chi connectivity index (χ2v) is 4.04. The van der Waals surface area contributed by atoms with Crippen LogP contribution in [-0.2, 0) is 6.54 Å². The molecular weight excluding hydrogens is 254 g/mol. The van der Waals surface area contributed by atoms with Crippen molar-refractivity contribution in [3.63, 3.8) is 0 Å². The number of hydrogen-bond donors (Lipinski definition) is 2. The van der Waals surface area contributed by atoms with Crippen LogP contribution in [0.2, 0.25) is 5.02 Å². The van der Waals surface area contributed by atoms with Crippen LogP contribution in [0, 0.1) is 0 Å². The fraction of sp³-hybridized carbons (Fsp3) is 0.0833. The number of pyridine rings is 2. The summed E-state index contributed by atoms with van der Waals surface area (Å²) in [5.41, 5.74) is 0.431. The molecule has 2 rings (SSSR count). The molecule has 18 heavy (non-hydrogen) atoms. The summed E-state index contributed by atoms with van der Waals surface area (Å²) < 4.78 is 0. The highest BCUT2D eigenvalue weighted by Crippen LogP contribution is 2.05. The van der Waals surface area contributed by atoms with Crippen molar-refractivity contribution < 1.29 is 4.79 Å². The molecule has 2 N–H and O–H groups in total. The molecule has 0 atom stereocenters. The molecule has 0 aromatic carbocycles. The van der Waals surface area contributed by atoms with E-state index in [4.69, 9.17) is 11.6 Å². The number of nitrogens with one attached hydrogen (secondary N) is 2. The van der Waals surface area contributed by atoms with E-state index in [1.54, 1.807) is 24.5 Å².